The maximum absolute atomic E-state index is 10.3. The summed E-state index contributed by atoms with van der Waals surface area (Å²) in [5, 5.41) is 10.3. The van der Waals surface area contributed by atoms with Gasteiger partial charge in [0.2, 0.25) is 0 Å². The van der Waals surface area contributed by atoms with Gasteiger partial charge in [0.1, 0.15) is 0 Å². The van der Waals surface area contributed by atoms with Gasteiger partial charge in [-0.1, -0.05) is 24.3 Å². The molecule has 0 bridgehead atoms. The van der Waals surface area contributed by atoms with Gasteiger partial charge in [0.05, 0.1) is 12.2 Å². The van der Waals surface area contributed by atoms with Gasteiger partial charge >= 0.3 is 0 Å². The molecule has 0 saturated heterocycles. The summed E-state index contributed by atoms with van der Waals surface area (Å²) in [5.41, 5.74) is 1.99. The van der Waals surface area contributed by atoms with E-state index in [1.165, 1.54) is 11.1 Å². The van der Waals surface area contributed by atoms with Gasteiger partial charge in [0.15, 0.2) is 0 Å². The fourth-order valence-electron chi connectivity index (χ4n) is 2.20. The van der Waals surface area contributed by atoms with Crippen LogP contribution in [0, 0.1) is 0 Å². The molecule has 0 aliphatic heterocycles. The van der Waals surface area contributed by atoms with Crippen molar-refractivity contribution in [3.8, 4) is 0 Å². The van der Waals surface area contributed by atoms with Gasteiger partial charge in [-0.25, -0.2) is 0 Å². The lowest BCUT2D eigenvalue weighted by Gasteiger charge is -2.33. The Labute approximate surface area is 90.9 Å². The lowest BCUT2D eigenvalue weighted by molar-refractivity contribution is -0.0517. The normalized spacial score (nSPS) is 24.9. The van der Waals surface area contributed by atoms with Gasteiger partial charge in [0.25, 0.3) is 0 Å². The summed E-state index contributed by atoms with van der Waals surface area (Å²) < 4.78 is 5.34. The predicted molar refractivity (Wildman–Crippen MR) is 59.9 cm³/mol. The largest absolute Gasteiger partial charge is 0.387 e. The molecule has 1 aliphatic rings. The van der Waals surface area contributed by atoms with E-state index in [0.29, 0.717) is 13.2 Å². The van der Waals surface area contributed by atoms with Crippen molar-refractivity contribution in [2.45, 2.75) is 31.8 Å². The Bertz CT molecular complexity index is 335. The van der Waals surface area contributed by atoms with Crippen molar-refractivity contribution in [2.75, 3.05) is 13.2 Å². The van der Waals surface area contributed by atoms with Crippen LogP contribution in [0.4, 0.5) is 0 Å². The Morgan fingerprint density at radius 3 is 2.80 bits per heavy atom. The second-order valence-electron chi connectivity index (χ2n) is 4.31. The molecular weight excluding hydrogens is 188 g/mol. The molecule has 1 N–H and O–H groups in total. The number of ether oxygens (including phenoxy) is 1. The molecule has 1 aliphatic carbocycles. The van der Waals surface area contributed by atoms with Gasteiger partial charge in [-0.2, -0.15) is 0 Å². The minimum absolute atomic E-state index is 0.456. The molecule has 1 aromatic carbocycles. The number of benzene rings is 1. The zero-order valence-electron chi connectivity index (χ0n) is 9.20. The predicted octanol–water partition coefficient (Wildman–Crippen LogP) is 1.94. The van der Waals surface area contributed by atoms with Crippen molar-refractivity contribution in [2.24, 2.45) is 0 Å². The van der Waals surface area contributed by atoms with Crippen LogP contribution in [-0.4, -0.2) is 23.9 Å². The van der Waals surface area contributed by atoms with E-state index in [0.717, 1.165) is 19.3 Å². The number of fused-ring (bicyclic) bond motifs is 1. The quantitative estimate of drug-likeness (QED) is 0.819. The minimum Gasteiger partial charge on any atom is -0.387 e. The molecule has 0 fully saturated rings. The topological polar surface area (TPSA) is 29.5 Å². The molecule has 1 atom stereocenters. The van der Waals surface area contributed by atoms with Gasteiger partial charge in [-0.05, 0) is 30.9 Å². The molecule has 0 spiro atoms. The Balaban J connectivity index is 2.10. The summed E-state index contributed by atoms with van der Waals surface area (Å²) in [5.74, 6) is 0. The molecule has 0 saturated carbocycles. The van der Waals surface area contributed by atoms with Gasteiger partial charge in [-0.15, -0.1) is 0 Å². The van der Waals surface area contributed by atoms with Crippen LogP contribution in [0.15, 0.2) is 24.3 Å². The van der Waals surface area contributed by atoms with E-state index in [-0.39, 0.29) is 0 Å². The van der Waals surface area contributed by atoms with Crippen molar-refractivity contribution < 1.29 is 9.84 Å². The summed E-state index contributed by atoms with van der Waals surface area (Å²) in [4.78, 5) is 0. The first-order valence-corrected chi connectivity index (χ1v) is 5.60. The van der Waals surface area contributed by atoms with Gasteiger partial charge < -0.3 is 9.84 Å². The van der Waals surface area contributed by atoms with E-state index in [4.69, 9.17) is 4.74 Å². The summed E-state index contributed by atoms with van der Waals surface area (Å²) in [6.45, 7) is 3.09. The van der Waals surface area contributed by atoms with Crippen molar-refractivity contribution in [3.05, 3.63) is 35.4 Å². The van der Waals surface area contributed by atoms with Crippen LogP contribution < -0.4 is 0 Å². The lowest BCUT2D eigenvalue weighted by Crippen LogP contribution is -2.40. The van der Waals surface area contributed by atoms with E-state index in [2.05, 4.69) is 18.2 Å². The van der Waals surface area contributed by atoms with E-state index in [9.17, 15) is 5.11 Å². The molecule has 15 heavy (non-hydrogen) atoms. The number of hydrogen-bond donors (Lipinski definition) is 1. The van der Waals surface area contributed by atoms with Crippen LogP contribution in [-0.2, 0) is 17.6 Å². The Hall–Kier alpha value is -0.860. The first kappa shape index (κ1) is 10.7. The summed E-state index contributed by atoms with van der Waals surface area (Å²) in [6, 6.07) is 8.35. The highest BCUT2D eigenvalue weighted by Crippen LogP contribution is 2.28. The molecular formula is C13H18O2. The van der Waals surface area contributed by atoms with E-state index in [1.54, 1.807) is 0 Å². The standard InChI is InChI=1S/C13H18O2/c1-2-15-10-13(14)8-7-11-5-3-4-6-12(11)9-13/h3-6,14H,2,7-10H2,1H3. The monoisotopic (exact) mass is 206 g/mol. The fourth-order valence-corrected chi connectivity index (χ4v) is 2.20. The van der Waals surface area contributed by atoms with E-state index < -0.39 is 5.60 Å². The number of aryl methyl sites for hydroxylation is 1. The second kappa shape index (κ2) is 4.33. The zero-order chi connectivity index (χ0) is 10.7. The van der Waals surface area contributed by atoms with Gasteiger partial charge in [-0.3, -0.25) is 0 Å². The molecule has 0 radical (unpaired) electrons. The average molecular weight is 206 g/mol. The van der Waals surface area contributed by atoms with Crippen LogP contribution in [0.1, 0.15) is 24.5 Å². The third kappa shape index (κ3) is 2.39. The van der Waals surface area contributed by atoms with Crippen LogP contribution in [0.5, 0.6) is 0 Å². The smallest absolute Gasteiger partial charge is 0.0923 e. The first-order chi connectivity index (χ1) is 7.23. The lowest BCUT2D eigenvalue weighted by atomic mass is 9.81. The molecule has 0 aromatic heterocycles. The van der Waals surface area contributed by atoms with Crippen LogP contribution in [0.2, 0.25) is 0 Å². The molecule has 1 unspecified atom stereocenters. The summed E-state index contributed by atoms with van der Waals surface area (Å²) >= 11 is 0. The third-order valence-electron chi connectivity index (χ3n) is 3.07. The molecule has 2 rings (SSSR count). The second-order valence-corrected chi connectivity index (χ2v) is 4.31. The van der Waals surface area contributed by atoms with Crippen molar-refractivity contribution in [1.82, 2.24) is 0 Å². The van der Waals surface area contributed by atoms with E-state index in [1.807, 2.05) is 13.0 Å². The van der Waals surface area contributed by atoms with Crippen molar-refractivity contribution in [1.29, 1.82) is 0 Å². The first-order valence-electron chi connectivity index (χ1n) is 5.60. The highest BCUT2D eigenvalue weighted by atomic mass is 16.5. The molecule has 2 nitrogen and oxygen atoms in total. The Kier molecular flexibility index (Phi) is 3.08. The highest BCUT2D eigenvalue weighted by Gasteiger charge is 2.31. The van der Waals surface area contributed by atoms with Crippen LogP contribution in [0.3, 0.4) is 0 Å². The SMILES string of the molecule is CCOCC1(O)CCc2ccccc2C1. The molecule has 0 amide bonds. The maximum atomic E-state index is 10.3. The number of aliphatic hydroxyl groups is 1. The zero-order valence-corrected chi connectivity index (χ0v) is 9.20. The summed E-state index contributed by atoms with van der Waals surface area (Å²) in [6.07, 6.45) is 2.49. The summed E-state index contributed by atoms with van der Waals surface area (Å²) in [7, 11) is 0. The highest BCUT2D eigenvalue weighted by molar-refractivity contribution is 5.31. The number of hydrogen-bond acceptors (Lipinski definition) is 2. The Morgan fingerprint density at radius 1 is 1.33 bits per heavy atom. The molecule has 2 heteroatoms. The fraction of sp³-hybridized carbons (Fsp3) is 0.538. The van der Waals surface area contributed by atoms with Gasteiger partial charge in [0, 0.05) is 13.0 Å². The van der Waals surface area contributed by atoms with Crippen molar-refractivity contribution >= 4 is 0 Å². The molecule has 82 valence electrons. The van der Waals surface area contributed by atoms with Crippen molar-refractivity contribution in [3.63, 3.8) is 0 Å². The minimum atomic E-state index is -0.648. The third-order valence-corrected chi connectivity index (χ3v) is 3.07. The molecule has 0 heterocycles. The average Bonchev–Trinajstić information content (AvgIpc) is 2.26. The molecule has 1 aromatic rings. The Morgan fingerprint density at radius 2 is 2.07 bits per heavy atom. The van der Waals surface area contributed by atoms with Crippen LogP contribution in [0.25, 0.3) is 0 Å². The van der Waals surface area contributed by atoms with E-state index >= 15 is 0 Å². The maximum Gasteiger partial charge on any atom is 0.0923 e. The van der Waals surface area contributed by atoms with Crippen LogP contribution >= 0.6 is 0 Å². The number of rotatable bonds is 3.